The van der Waals surface area contributed by atoms with Gasteiger partial charge in [0.15, 0.2) is 11.5 Å². The Hall–Kier alpha value is -4.56. The number of nitrogens with one attached hydrogen (secondary N) is 2. The Labute approximate surface area is 208 Å². The lowest BCUT2D eigenvalue weighted by molar-refractivity contribution is 0.102. The number of likely N-dealkylation sites (N-methyl/N-ethyl adjacent to an activating group) is 1. The highest BCUT2D eigenvalue weighted by atomic mass is 16.5. The fourth-order valence-corrected chi connectivity index (χ4v) is 3.39. The highest BCUT2D eigenvalue weighted by Crippen LogP contribution is 2.23. The van der Waals surface area contributed by atoms with Crippen molar-refractivity contribution in [2.24, 2.45) is 0 Å². The second kappa shape index (κ2) is 10.8. The average molecular weight is 486 g/mol. The lowest BCUT2D eigenvalue weighted by Crippen LogP contribution is -2.20. The molecule has 4 heterocycles. The SMILES string of the molecule is CC(C)Nc1cc(-n2ncc3cc(C#N)cnc32)ncc1C(=O)Nc1ccc(OCCN(C)C)cn1. The van der Waals surface area contributed by atoms with Crippen LogP contribution in [0.1, 0.15) is 29.8 Å². The molecule has 1 amide bonds. The summed E-state index contributed by atoms with van der Waals surface area (Å²) in [6.07, 6.45) is 6.18. The summed E-state index contributed by atoms with van der Waals surface area (Å²) in [6, 6.07) is 9.05. The van der Waals surface area contributed by atoms with E-state index < -0.39 is 0 Å². The molecule has 0 saturated heterocycles. The minimum absolute atomic E-state index is 0.0641. The van der Waals surface area contributed by atoms with Crippen molar-refractivity contribution in [1.29, 1.82) is 5.26 Å². The average Bonchev–Trinajstić information content (AvgIpc) is 3.27. The molecular formula is C25H27N9O2. The Morgan fingerprint density at radius 2 is 1.97 bits per heavy atom. The summed E-state index contributed by atoms with van der Waals surface area (Å²) < 4.78 is 7.22. The highest BCUT2D eigenvalue weighted by Gasteiger charge is 2.17. The van der Waals surface area contributed by atoms with Crippen LogP contribution in [0.3, 0.4) is 0 Å². The van der Waals surface area contributed by atoms with Crippen molar-refractivity contribution in [2.75, 3.05) is 37.9 Å². The van der Waals surface area contributed by atoms with Crippen LogP contribution in [0.25, 0.3) is 16.9 Å². The summed E-state index contributed by atoms with van der Waals surface area (Å²) in [5, 5.41) is 20.3. The van der Waals surface area contributed by atoms with E-state index in [1.54, 1.807) is 41.3 Å². The number of hydrogen-bond acceptors (Lipinski definition) is 9. The Bertz CT molecular complexity index is 1410. The second-order valence-electron chi connectivity index (χ2n) is 8.68. The maximum Gasteiger partial charge on any atom is 0.260 e. The minimum atomic E-state index is -0.354. The van der Waals surface area contributed by atoms with Crippen molar-refractivity contribution in [3.63, 3.8) is 0 Å². The van der Waals surface area contributed by atoms with E-state index >= 15 is 0 Å². The van der Waals surface area contributed by atoms with Crippen molar-refractivity contribution in [2.45, 2.75) is 19.9 Å². The van der Waals surface area contributed by atoms with Crippen molar-refractivity contribution < 1.29 is 9.53 Å². The van der Waals surface area contributed by atoms with Gasteiger partial charge in [0.25, 0.3) is 5.91 Å². The minimum Gasteiger partial charge on any atom is -0.491 e. The maximum atomic E-state index is 13.1. The lowest BCUT2D eigenvalue weighted by atomic mass is 10.2. The summed E-state index contributed by atoms with van der Waals surface area (Å²) >= 11 is 0. The van der Waals surface area contributed by atoms with Gasteiger partial charge in [-0.25, -0.2) is 15.0 Å². The van der Waals surface area contributed by atoms with E-state index in [0.29, 0.717) is 46.5 Å². The van der Waals surface area contributed by atoms with E-state index in [-0.39, 0.29) is 11.9 Å². The fraction of sp³-hybridized carbons (Fsp3) is 0.280. The monoisotopic (exact) mass is 485 g/mol. The van der Waals surface area contributed by atoms with Gasteiger partial charge >= 0.3 is 0 Å². The Kier molecular flexibility index (Phi) is 7.36. The maximum absolute atomic E-state index is 13.1. The van der Waals surface area contributed by atoms with Gasteiger partial charge in [0.1, 0.15) is 24.2 Å². The number of nitrogens with zero attached hydrogens (tertiary/aromatic N) is 7. The van der Waals surface area contributed by atoms with Crippen molar-refractivity contribution >= 4 is 28.4 Å². The smallest absolute Gasteiger partial charge is 0.260 e. The van der Waals surface area contributed by atoms with E-state index in [4.69, 9.17) is 10.00 Å². The van der Waals surface area contributed by atoms with E-state index in [9.17, 15) is 4.79 Å². The second-order valence-corrected chi connectivity index (χ2v) is 8.68. The van der Waals surface area contributed by atoms with Crippen LogP contribution >= 0.6 is 0 Å². The number of ether oxygens (including phenoxy) is 1. The number of anilines is 2. The third-order valence-electron chi connectivity index (χ3n) is 5.12. The molecule has 0 aliphatic heterocycles. The molecule has 0 saturated carbocycles. The van der Waals surface area contributed by atoms with Crippen LogP contribution in [0.5, 0.6) is 5.75 Å². The molecule has 0 atom stereocenters. The van der Waals surface area contributed by atoms with Crippen LogP contribution in [0, 0.1) is 11.3 Å². The fourth-order valence-electron chi connectivity index (χ4n) is 3.39. The number of nitriles is 1. The third kappa shape index (κ3) is 5.73. The molecule has 11 heteroatoms. The molecule has 0 aliphatic carbocycles. The van der Waals surface area contributed by atoms with Gasteiger partial charge in [-0.05, 0) is 46.1 Å². The third-order valence-corrected chi connectivity index (χ3v) is 5.12. The van der Waals surface area contributed by atoms with Crippen LogP contribution in [-0.2, 0) is 0 Å². The van der Waals surface area contributed by atoms with E-state index in [1.165, 1.54) is 12.4 Å². The standard InChI is InChI=1S/C25H27N9O2/c1-16(2)31-21-10-23(34-24-18(13-30-34)9-17(11-26)12-29-24)28-15-20(21)25(35)32-22-6-5-19(14-27-22)36-8-7-33(3)4/h5-6,9-10,12-16H,7-8H2,1-4H3,(H,28,31)(H,27,32,35). The topological polar surface area (TPSA) is 134 Å². The largest absolute Gasteiger partial charge is 0.491 e. The van der Waals surface area contributed by atoms with E-state index in [1.807, 2.05) is 32.8 Å². The van der Waals surface area contributed by atoms with Gasteiger partial charge in [-0.15, -0.1) is 0 Å². The first-order valence-corrected chi connectivity index (χ1v) is 11.4. The van der Waals surface area contributed by atoms with E-state index in [2.05, 4.69) is 36.8 Å². The summed E-state index contributed by atoms with van der Waals surface area (Å²) in [7, 11) is 3.95. The number of pyridine rings is 3. The quantitative estimate of drug-likeness (QED) is 0.367. The van der Waals surface area contributed by atoms with E-state index in [0.717, 1.165) is 11.9 Å². The van der Waals surface area contributed by atoms with Gasteiger partial charge in [0.2, 0.25) is 0 Å². The molecule has 4 aromatic rings. The molecule has 36 heavy (non-hydrogen) atoms. The predicted molar refractivity (Wildman–Crippen MR) is 136 cm³/mol. The Balaban J connectivity index is 1.56. The summed E-state index contributed by atoms with van der Waals surface area (Å²) in [6.45, 7) is 5.29. The zero-order valence-corrected chi connectivity index (χ0v) is 20.6. The molecule has 11 nitrogen and oxygen atoms in total. The molecule has 0 radical (unpaired) electrons. The molecule has 0 unspecified atom stereocenters. The Morgan fingerprint density at radius 1 is 1.14 bits per heavy atom. The number of rotatable bonds is 9. The van der Waals surface area contributed by atoms with Gasteiger partial charge in [-0.1, -0.05) is 0 Å². The molecule has 4 rings (SSSR count). The highest BCUT2D eigenvalue weighted by molar-refractivity contribution is 6.07. The summed E-state index contributed by atoms with van der Waals surface area (Å²) in [4.78, 5) is 28.2. The lowest BCUT2D eigenvalue weighted by Gasteiger charge is -2.16. The molecule has 0 spiro atoms. The van der Waals surface area contributed by atoms with Gasteiger partial charge in [0, 0.05) is 36.4 Å². The van der Waals surface area contributed by atoms with Crippen LogP contribution in [-0.4, -0.2) is 68.8 Å². The zero-order chi connectivity index (χ0) is 25.7. The molecule has 184 valence electrons. The molecule has 0 aromatic carbocycles. The normalized spacial score (nSPS) is 11.0. The number of aromatic nitrogens is 5. The summed E-state index contributed by atoms with van der Waals surface area (Å²) in [5.41, 5.74) is 1.96. The molecule has 0 aliphatic rings. The van der Waals surface area contributed by atoms with Gasteiger partial charge < -0.3 is 20.3 Å². The van der Waals surface area contributed by atoms with Gasteiger partial charge in [-0.2, -0.15) is 15.0 Å². The summed E-state index contributed by atoms with van der Waals surface area (Å²) in [5.74, 6) is 1.16. The molecule has 0 fully saturated rings. The number of carbonyl (C=O) groups excluding carboxylic acids is 1. The number of fused-ring (bicyclic) bond motifs is 1. The van der Waals surface area contributed by atoms with Crippen LogP contribution in [0.2, 0.25) is 0 Å². The number of amides is 1. The van der Waals surface area contributed by atoms with Crippen LogP contribution in [0.15, 0.2) is 49.1 Å². The van der Waals surface area contributed by atoms with Crippen LogP contribution in [0.4, 0.5) is 11.5 Å². The van der Waals surface area contributed by atoms with Crippen molar-refractivity contribution in [3.05, 3.63) is 60.2 Å². The molecule has 0 bridgehead atoms. The predicted octanol–water partition coefficient (Wildman–Crippen LogP) is 3.10. The van der Waals surface area contributed by atoms with Gasteiger partial charge in [-0.3, -0.25) is 4.79 Å². The van der Waals surface area contributed by atoms with Gasteiger partial charge in [0.05, 0.1) is 29.2 Å². The first-order chi connectivity index (χ1) is 17.3. The first kappa shape index (κ1) is 24.6. The number of carbonyl (C=O) groups is 1. The van der Waals surface area contributed by atoms with Crippen molar-refractivity contribution in [3.8, 4) is 17.6 Å². The molecule has 2 N–H and O–H groups in total. The van der Waals surface area contributed by atoms with Crippen molar-refractivity contribution in [1.82, 2.24) is 29.6 Å². The zero-order valence-electron chi connectivity index (χ0n) is 20.6. The van der Waals surface area contributed by atoms with Crippen LogP contribution < -0.4 is 15.4 Å². The Morgan fingerprint density at radius 3 is 2.67 bits per heavy atom. The molecular weight excluding hydrogens is 458 g/mol. The molecule has 4 aromatic heterocycles. The first-order valence-electron chi connectivity index (χ1n) is 11.4. The number of hydrogen-bond donors (Lipinski definition) is 2.